The molecule has 2 rings (SSSR count). The summed E-state index contributed by atoms with van der Waals surface area (Å²) in [6, 6.07) is 14.9. The van der Waals surface area contributed by atoms with Crippen LogP contribution in [0.15, 0.2) is 48.5 Å². The van der Waals surface area contributed by atoms with Gasteiger partial charge in [0.25, 0.3) is 0 Å². The molecule has 0 aliphatic rings. The third-order valence-corrected chi connectivity index (χ3v) is 3.77. The molecule has 0 aliphatic heterocycles. The van der Waals surface area contributed by atoms with Crippen LogP contribution in [0, 0.1) is 5.82 Å². The second-order valence-corrected chi connectivity index (χ2v) is 5.75. The summed E-state index contributed by atoms with van der Waals surface area (Å²) in [5.41, 5.74) is 3.22. The highest BCUT2D eigenvalue weighted by Crippen LogP contribution is 2.10. The molecule has 2 N–H and O–H groups in total. The molecule has 0 bridgehead atoms. The number of carbonyl (C=O) groups excluding carboxylic acids is 1. The number of nitrogens with one attached hydrogen (secondary N) is 2. The van der Waals surface area contributed by atoms with Crippen LogP contribution in [0.5, 0.6) is 0 Å². The monoisotopic (exact) mass is 314 g/mol. The summed E-state index contributed by atoms with van der Waals surface area (Å²) in [7, 11) is 0. The van der Waals surface area contributed by atoms with Crippen LogP contribution < -0.4 is 10.6 Å². The first kappa shape index (κ1) is 17.2. The minimum atomic E-state index is -0.191. The van der Waals surface area contributed by atoms with Crippen molar-refractivity contribution in [3.63, 3.8) is 0 Å². The molecule has 1 atom stereocenters. The molecule has 0 aromatic heterocycles. The van der Waals surface area contributed by atoms with Crippen LogP contribution in [0.25, 0.3) is 0 Å². The Kier molecular flexibility index (Phi) is 6.76. The molecule has 1 unspecified atom stereocenters. The summed E-state index contributed by atoms with van der Waals surface area (Å²) in [6.07, 6.45) is 3.62. The van der Waals surface area contributed by atoms with Gasteiger partial charge in [-0.1, -0.05) is 24.3 Å². The fourth-order valence-corrected chi connectivity index (χ4v) is 2.52. The highest BCUT2D eigenvalue weighted by Gasteiger charge is 2.03. The zero-order valence-electron chi connectivity index (χ0n) is 13.4. The first-order chi connectivity index (χ1) is 11.2. The van der Waals surface area contributed by atoms with Crippen molar-refractivity contribution in [2.75, 3.05) is 11.9 Å². The third-order valence-electron chi connectivity index (χ3n) is 3.77. The Morgan fingerprint density at radius 3 is 2.35 bits per heavy atom. The topological polar surface area (TPSA) is 41.1 Å². The SMILES string of the molecule is CC(Cc1ccc(F)cc1)NCCCc1ccc(NC=O)cc1. The van der Waals surface area contributed by atoms with Gasteiger partial charge in [-0.2, -0.15) is 0 Å². The molecular weight excluding hydrogens is 291 g/mol. The number of halogens is 1. The van der Waals surface area contributed by atoms with Gasteiger partial charge >= 0.3 is 0 Å². The van der Waals surface area contributed by atoms with E-state index in [2.05, 4.69) is 17.6 Å². The molecule has 2 aromatic carbocycles. The van der Waals surface area contributed by atoms with E-state index >= 15 is 0 Å². The summed E-state index contributed by atoms with van der Waals surface area (Å²) >= 11 is 0. The Bertz CT molecular complexity index is 596. The van der Waals surface area contributed by atoms with E-state index in [1.54, 1.807) is 0 Å². The van der Waals surface area contributed by atoms with Gasteiger partial charge in [0.2, 0.25) is 6.41 Å². The van der Waals surface area contributed by atoms with Crippen molar-refractivity contribution in [2.45, 2.75) is 32.2 Å². The van der Waals surface area contributed by atoms with E-state index in [1.165, 1.54) is 17.7 Å². The Morgan fingerprint density at radius 1 is 1.04 bits per heavy atom. The van der Waals surface area contributed by atoms with Crippen molar-refractivity contribution in [3.8, 4) is 0 Å². The van der Waals surface area contributed by atoms with Crippen LogP contribution in [0.3, 0.4) is 0 Å². The predicted molar refractivity (Wildman–Crippen MR) is 92.0 cm³/mol. The van der Waals surface area contributed by atoms with E-state index in [0.29, 0.717) is 12.5 Å². The molecule has 0 heterocycles. The summed E-state index contributed by atoms with van der Waals surface area (Å²) in [5.74, 6) is -0.191. The lowest BCUT2D eigenvalue weighted by Gasteiger charge is -2.14. The van der Waals surface area contributed by atoms with Gasteiger partial charge in [0.1, 0.15) is 5.82 Å². The molecule has 4 heteroatoms. The minimum Gasteiger partial charge on any atom is -0.329 e. The first-order valence-corrected chi connectivity index (χ1v) is 7.94. The lowest BCUT2D eigenvalue weighted by Crippen LogP contribution is -2.29. The fraction of sp³-hybridized carbons (Fsp3) is 0.316. The number of hydrogen-bond acceptors (Lipinski definition) is 2. The first-order valence-electron chi connectivity index (χ1n) is 7.94. The van der Waals surface area contributed by atoms with Crippen LogP contribution >= 0.6 is 0 Å². The van der Waals surface area contributed by atoms with Crippen LogP contribution in [0.2, 0.25) is 0 Å². The second-order valence-electron chi connectivity index (χ2n) is 5.75. The van der Waals surface area contributed by atoms with Gasteiger partial charge in [0, 0.05) is 11.7 Å². The molecule has 0 spiro atoms. The van der Waals surface area contributed by atoms with Crippen molar-refractivity contribution in [1.82, 2.24) is 5.32 Å². The number of aryl methyl sites for hydroxylation is 1. The van der Waals surface area contributed by atoms with Gasteiger partial charge in [-0.3, -0.25) is 4.79 Å². The van der Waals surface area contributed by atoms with E-state index in [-0.39, 0.29) is 5.82 Å². The predicted octanol–water partition coefficient (Wildman–Crippen LogP) is 3.55. The summed E-state index contributed by atoms with van der Waals surface area (Å²) in [6.45, 7) is 3.08. The molecule has 23 heavy (non-hydrogen) atoms. The summed E-state index contributed by atoms with van der Waals surface area (Å²) in [5, 5.41) is 6.12. The van der Waals surface area contributed by atoms with Gasteiger partial charge in [0.15, 0.2) is 0 Å². The Hall–Kier alpha value is -2.20. The Labute approximate surface area is 136 Å². The molecule has 0 saturated carbocycles. The van der Waals surface area contributed by atoms with Gasteiger partial charge < -0.3 is 10.6 Å². The number of hydrogen-bond donors (Lipinski definition) is 2. The molecule has 1 amide bonds. The van der Waals surface area contributed by atoms with Crippen LogP contribution in [0.1, 0.15) is 24.5 Å². The Morgan fingerprint density at radius 2 is 1.70 bits per heavy atom. The molecule has 3 nitrogen and oxygen atoms in total. The highest BCUT2D eigenvalue weighted by molar-refractivity contribution is 5.71. The van der Waals surface area contributed by atoms with Crippen molar-refractivity contribution in [1.29, 1.82) is 0 Å². The maximum atomic E-state index is 12.9. The summed E-state index contributed by atoms with van der Waals surface area (Å²) in [4.78, 5) is 10.3. The van der Waals surface area contributed by atoms with E-state index in [1.807, 2.05) is 36.4 Å². The fourth-order valence-electron chi connectivity index (χ4n) is 2.52. The van der Waals surface area contributed by atoms with Gasteiger partial charge in [-0.25, -0.2) is 4.39 Å². The van der Waals surface area contributed by atoms with E-state index in [9.17, 15) is 9.18 Å². The van der Waals surface area contributed by atoms with Gasteiger partial charge in [-0.05, 0) is 68.1 Å². The maximum absolute atomic E-state index is 12.9. The van der Waals surface area contributed by atoms with E-state index in [0.717, 1.165) is 37.1 Å². The second kappa shape index (κ2) is 9.06. The number of benzene rings is 2. The average Bonchev–Trinajstić information content (AvgIpc) is 2.55. The lowest BCUT2D eigenvalue weighted by molar-refractivity contribution is -0.105. The zero-order chi connectivity index (χ0) is 16.5. The van der Waals surface area contributed by atoms with Crippen LogP contribution in [-0.2, 0) is 17.6 Å². The molecule has 0 fully saturated rings. The Balaban J connectivity index is 1.66. The minimum absolute atomic E-state index is 0.191. The zero-order valence-corrected chi connectivity index (χ0v) is 13.4. The molecule has 0 radical (unpaired) electrons. The number of amides is 1. The quantitative estimate of drug-likeness (QED) is 0.549. The van der Waals surface area contributed by atoms with Crippen molar-refractivity contribution in [3.05, 3.63) is 65.5 Å². The van der Waals surface area contributed by atoms with Crippen molar-refractivity contribution in [2.24, 2.45) is 0 Å². The molecule has 122 valence electrons. The highest BCUT2D eigenvalue weighted by atomic mass is 19.1. The van der Waals surface area contributed by atoms with E-state index in [4.69, 9.17) is 0 Å². The average molecular weight is 314 g/mol. The normalized spacial score (nSPS) is 11.9. The standard InChI is InChI=1S/C19H23FN2O/c1-15(13-17-4-8-18(20)9-5-17)21-12-2-3-16-6-10-19(11-7-16)22-14-23/h4-11,14-15,21H,2-3,12-13H2,1H3,(H,22,23). The number of carbonyl (C=O) groups is 1. The largest absolute Gasteiger partial charge is 0.329 e. The van der Waals surface area contributed by atoms with E-state index < -0.39 is 0 Å². The van der Waals surface area contributed by atoms with Crippen molar-refractivity contribution >= 4 is 12.1 Å². The van der Waals surface area contributed by atoms with Crippen molar-refractivity contribution < 1.29 is 9.18 Å². The molecule has 0 aliphatic carbocycles. The van der Waals surface area contributed by atoms with Gasteiger partial charge in [-0.15, -0.1) is 0 Å². The lowest BCUT2D eigenvalue weighted by atomic mass is 10.1. The maximum Gasteiger partial charge on any atom is 0.211 e. The molecule has 0 saturated heterocycles. The summed E-state index contributed by atoms with van der Waals surface area (Å²) < 4.78 is 12.9. The van der Waals surface area contributed by atoms with Gasteiger partial charge in [0.05, 0.1) is 0 Å². The van der Waals surface area contributed by atoms with Crippen LogP contribution in [0.4, 0.5) is 10.1 Å². The molecule has 2 aromatic rings. The number of rotatable bonds is 9. The molecular formula is C19H23FN2O. The smallest absolute Gasteiger partial charge is 0.211 e. The third kappa shape index (κ3) is 6.20. The van der Waals surface area contributed by atoms with Crippen LogP contribution in [-0.4, -0.2) is 19.0 Å². The number of anilines is 1.